The van der Waals surface area contributed by atoms with Crippen molar-refractivity contribution in [3.63, 3.8) is 0 Å². The van der Waals surface area contributed by atoms with E-state index in [1.165, 1.54) is 16.9 Å². The van der Waals surface area contributed by atoms with Gasteiger partial charge in [0.2, 0.25) is 11.3 Å². The van der Waals surface area contributed by atoms with Crippen LogP contribution in [0.4, 0.5) is 5.69 Å². The van der Waals surface area contributed by atoms with Gasteiger partial charge in [-0.25, -0.2) is 4.79 Å². The Kier molecular flexibility index (Phi) is 3.50. The lowest BCUT2D eigenvalue weighted by Crippen LogP contribution is -2.47. The molecule has 3 aromatic carbocycles. The molecular weight excluding hydrogens is 394 g/mol. The fraction of sp³-hybridized carbons (Fsp3) is 0.120. The lowest BCUT2D eigenvalue weighted by atomic mass is 9.90. The Labute approximate surface area is 177 Å². The Morgan fingerprint density at radius 1 is 0.967 bits per heavy atom. The molecule has 1 aromatic heterocycles. The number of benzene rings is 3. The minimum atomic E-state index is -1.53. The van der Waals surface area contributed by atoms with E-state index in [4.69, 9.17) is 4.74 Å². The molecule has 2 aliphatic rings. The van der Waals surface area contributed by atoms with E-state index >= 15 is 0 Å². The second-order valence-electron chi connectivity index (χ2n) is 7.52. The van der Waals surface area contributed by atoms with Gasteiger partial charge in [0.15, 0.2) is 0 Å². The molecule has 0 unspecified atom stereocenters. The van der Waals surface area contributed by atoms with Crippen LogP contribution < -0.4 is 5.32 Å². The number of anilines is 1. The van der Waals surface area contributed by atoms with Crippen LogP contribution in [0.2, 0.25) is 0 Å². The number of ketones is 1. The molecule has 1 atom stereocenters. The first-order chi connectivity index (χ1) is 14.7. The molecule has 6 rings (SSSR count). The van der Waals surface area contributed by atoms with Crippen molar-refractivity contribution in [3.05, 3.63) is 76.5 Å². The number of nitrogens with one attached hydrogen (secondary N) is 1. The third-order valence-electron chi connectivity index (χ3n) is 6.04. The van der Waals surface area contributed by atoms with Gasteiger partial charge in [-0.3, -0.25) is 4.79 Å². The lowest BCUT2D eigenvalue weighted by molar-refractivity contribution is -0.146. The zero-order chi connectivity index (χ0) is 20.5. The molecule has 1 aliphatic heterocycles. The molecule has 0 bridgehead atoms. The van der Waals surface area contributed by atoms with E-state index < -0.39 is 11.5 Å². The number of hydrogen-bond donors (Lipinski definition) is 1. The number of hydrogen-bond acceptors (Lipinski definition) is 5. The molecule has 1 N–H and O–H groups in total. The van der Waals surface area contributed by atoms with Crippen LogP contribution in [0.1, 0.15) is 22.2 Å². The minimum absolute atomic E-state index is 0.209. The van der Waals surface area contributed by atoms with E-state index in [2.05, 4.69) is 23.5 Å². The monoisotopic (exact) mass is 411 g/mol. The Morgan fingerprint density at radius 2 is 1.73 bits per heavy atom. The van der Waals surface area contributed by atoms with Crippen LogP contribution in [0, 0.1) is 0 Å². The molecule has 1 aliphatic carbocycles. The molecular formula is C25H17NO3S. The van der Waals surface area contributed by atoms with Crippen molar-refractivity contribution in [2.75, 3.05) is 11.9 Å². The summed E-state index contributed by atoms with van der Waals surface area (Å²) in [4.78, 5) is 27.6. The summed E-state index contributed by atoms with van der Waals surface area (Å²) >= 11 is 1.38. The predicted octanol–water partition coefficient (Wildman–Crippen LogP) is 5.62. The summed E-state index contributed by atoms with van der Waals surface area (Å²) in [6.45, 7) is 1.96. The molecule has 0 fully saturated rings. The minimum Gasteiger partial charge on any atom is -0.464 e. The van der Waals surface area contributed by atoms with Crippen LogP contribution in [0.25, 0.3) is 33.0 Å². The average molecular weight is 411 g/mol. The maximum atomic E-state index is 13.8. The van der Waals surface area contributed by atoms with E-state index in [0.717, 1.165) is 27.5 Å². The Balaban J connectivity index is 1.65. The smallest absolute Gasteiger partial charge is 0.345 e. The van der Waals surface area contributed by atoms with Crippen LogP contribution in [0.15, 0.2) is 66.0 Å². The molecule has 146 valence electrons. The topological polar surface area (TPSA) is 55.4 Å². The number of carbonyl (C=O) groups excluding carboxylic acids is 2. The van der Waals surface area contributed by atoms with E-state index in [-0.39, 0.29) is 12.4 Å². The van der Waals surface area contributed by atoms with Crippen molar-refractivity contribution in [3.8, 4) is 22.3 Å². The van der Waals surface area contributed by atoms with Gasteiger partial charge in [0, 0.05) is 15.8 Å². The van der Waals surface area contributed by atoms with Gasteiger partial charge in [-0.2, -0.15) is 0 Å². The number of fused-ring (bicyclic) bond motifs is 5. The van der Waals surface area contributed by atoms with E-state index in [1.54, 1.807) is 6.92 Å². The maximum absolute atomic E-state index is 13.8. The van der Waals surface area contributed by atoms with Crippen molar-refractivity contribution in [1.82, 2.24) is 0 Å². The zero-order valence-corrected chi connectivity index (χ0v) is 17.0. The Morgan fingerprint density at radius 3 is 2.47 bits per heavy atom. The van der Waals surface area contributed by atoms with Crippen molar-refractivity contribution >= 4 is 39.5 Å². The van der Waals surface area contributed by atoms with Gasteiger partial charge in [-0.05, 0) is 52.1 Å². The Bertz CT molecular complexity index is 1370. The van der Waals surface area contributed by atoms with Gasteiger partial charge in [-0.15, -0.1) is 11.3 Å². The first-order valence-corrected chi connectivity index (χ1v) is 10.8. The first kappa shape index (κ1) is 17.4. The highest BCUT2D eigenvalue weighted by atomic mass is 32.1. The number of ether oxygens (including phenoxy) is 1. The number of esters is 1. The van der Waals surface area contributed by atoms with Gasteiger partial charge in [-0.1, -0.05) is 48.5 Å². The normalized spacial score (nSPS) is 18.2. The molecule has 2 heterocycles. The summed E-state index contributed by atoms with van der Waals surface area (Å²) in [6, 6.07) is 20.0. The standard InChI is InChI=1S/C25H17NO3S/c1-2-29-24(28)25(20-11-6-12-30-20)23(27)19-13-18-15-8-4-3-7-14(15)16-9-5-10-17(21(16)18)22(19)26-25/h3-13,26H,2H2,1H3/t25-/m0/s1. The summed E-state index contributed by atoms with van der Waals surface area (Å²) in [5.41, 5.74) is 4.18. The number of carbonyl (C=O) groups is 2. The number of rotatable bonds is 3. The van der Waals surface area contributed by atoms with Gasteiger partial charge in [0.05, 0.1) is 12.3 Å². The molecule has 0 amide bonds. The third-order valence-corrected chi connectivity index (χ3v) is 7.03. The average Bonchev–Trinajstić information content (AvgIpc) is 3.47. The van der Waals surface area contributed by atoms with Gasteiger partial charge >= 0.3 is 5.97 Å². The highest BCUT2D eigenvalue weighted by Gasteiger charge is 2.56. The van der Waals surface area contributed by atoms with Crippen molar-refractivity contribution in [1.29, 1.82) is 0 Å². The summed E-state index contributed by atoms with van der Waals surface area (Å²) in [5, 5.41) is 7.26. The zero-order valence-electron chi connectivity index (χ0n) is 16.2. The van der Waals surface area contributed by atoms with Crippen LogP contribution in [-0.4, -0.2) is 18.4 Å². The predicted molar refractivity (Wildman–Crippen MR) is 119 cm³/mol. The van der Waals surface area contributed by atoms with E-state index in [9.17, 15) is 9.59 Å². The van der Waals surface area contributed by atoms with Crippen molar-refractivity contribution < 1.29 is 14.3 Å². The number of thiophene rings is 1. The quantitative estimate of drug-likeness (QED) is 0.309. The number of Topliss-reactive ketones (excluding diaryl/α,β-unsaturated/α-hetero) is 1. The van der Waals surface area contributed by atoms with Crippen LogP contribution in [0.5, 0.6) is 0 Å². The molecule has 4 nitrogen and oxygen atoms in total. The van der Waals surface area contributed by atoms with Crippen LogP contribution in [0.3, 0.4) is 0 Å². The molecule has 30 heavy (non-hydrogen) atoms. The molecule has 4 aromatic rings. The van der Waals surface area contributed by atoms with Gasteiger partial charge in [0.1, 0.15) is 0 Å². The second-order valence-corrected chi connectivity index (χ2v) is 8.47. The molecule has 0 radical (unpaired) electrons. The maximum Gasteiger partial charge on any atom is 0.345 e. The molecule has 5 heteroatoms. The van der Waals surface area contributed by atoms with Gasteiger partial charge in [0.25, 0.3) is 0 Å². The van der Waals surface area contributed by atoms with Crippen molar-refractivity contribution in [2.24, 2.45) is 0 Å². The molecule has 0 spiro atoms. The summed E-state index contributed by atoms with van der Waals surface area (Å²) in [5.74, 6) is -0.816. The first-order valence-electron chi connectivity index (χ1n) is 9.90. The third kappa shape index (κ3) is 2.00. The van der Waals surface area contributed by atoms with E-state index in [1.807, 2.05) is 47.8 Å². The summed E-state index contributed by atoms with van der Waals surface area (Å²) in [7, 11) is 0. The fourth-order valence-electron chi connectivity index (χ4n) is 4.78. The summed E-state index contributed by atoms with van der Waals surface area (Å²) < 4.78 is 5.38. The van der Waals surface area contributed by atoms with Crippen LogP contribution in [-0.2, 0) is 15.1 Å². The molecule has 0 saturated carbocycles. The van der Waals surface area contributed by atoms with Crippen LogP contribution >= 0.6 is 11.3 Å². The fourth-order valence-corrected chi connectivity index (χ4v) is 5.65. The molecule has 0 saturated heterocycles. The largest absolute Gasteiger partial charge is 0.464 e. The highest BCUT2D eigenvalue weighted by molar-refractivity contribution is 7.10. The Hall–Kier alpha value is -3.44. The second kappa shape index (κ2) is 6.03. The SMILES string of the molecule is CCOC(=O)[C@@]1(c2cccs2)Nc2c(cc3c4c(cccc24)-c2ccccc2-3)C1=O. The lowest BCUT2D eigenvalue weighted by Gasteiger charge is -2.25. The van der Waals surface area contributed by atoms with Crippen molar-refractivity contribution in [2.45, 2.75) is 12.5 Å². The van der Waals surface area contributed by atoms with Gasteiger partial charge < -0.3 is 10.1 Å². The van der Waals surface area contributed by atoms with E-state index in [0.29, 0.717) is 16.1 Å². The summed E-state index contributed by atoms with van der Waals surface area (Å²) in [6.07, 6.45) is 0. The highest BCUT2D eigenvalue weighted by Crippen LogP contribution is 2.53.